The lowest BCUT2D eigenvalue weighted by Gasteiger charge is -2.28. The van der Waals surface area contributed by atoms with Crippen molar-refractivity contribution in [2.75, 3.05) is 32.8 Å². The lowest BCUT2D eigenvalue weighted by molar-refractivity contribution is -0.142. The predicted molar refractivity (Wildman–Crippen MR) is 288 cm³/mol. The Hall–Kier alpha value is -8.08. The van der Waals surface area contributed by atoms with E-state index in [2.05, 4.69) is 62.8 Å². The largest absolute Gasteiger partial charge is 0.480 e. The van der Waals surface area contributed by atoms with E-state index >= 15 is 0 Å². The fourth-order valence-corrected chi connectivity index (χ4v) is 7.44. The number of primary amides is 2. The summed E-state index contributed by atoms with van der Waals surface area (Å²) in [7, 11) is 0. The molecule has 27 N–H and O–H groups in total. The summed E-state index contributed by atoms with van der Waals surface area (Å²) in [5, 5.41) is 51.2. The van der Waals surface area contributed by atoms with Crippen molar-refractivity contribution in [2.45, 2.75) is 158 Å². The number of amides is 11. The molecule has 81 heavy (non-hydrogen) atoms. The Labute approximate surface area is 466 Å². The van der Waals surface area contributed by atoms with Crippen molar-refractivity contribution in [3.8, 4) is 0 Å². The molecule has 0 spiro atoms. The van der Waals surface area contributed by atoms with E-state index in [9.17, 15) is 72.9 Å². The summed E-state index contributed by atoms with van der Waals surface area (Å²) in [4.78, 5) is 168. The molecule has 0 bridgehead atoms. The molecule has 456 valence electrons. The first kappa shape index (κ1) is 70.9. The number of guanidine groups is 1. The van der Waals surface area contributed by atoms with Gasteiger partial charge in [0.2, 0.25) is 65.0 Å². The molecule has 0 radical (unpaired) electrons. The molecule has 0 saturated carbocycles. The number of aliphatic imine (C=N–C) groups is 1. The lowest BCUT2D eigenvalue weighted by Crippen LogP contribution is -2.62. The van der Waals surface area contributed by atoms with Gasteiger partial charge in [0.05, 0.1) is 32.0 Å². The van der Waals surface area contributed by atoms with Gasteiger partial charge in [0.25, 0.3) is 0 Å². The van der Waals surface area contributed by atoms with Gasteiger partial charge in [0.1, 0.15) is 54.4 Å². The third-order valence-corrected chi connectivity index (χ3v) is 12.0. The van der Waals surface area contributed by atoms with Gasteiger partial charge in [-0.1, -0.05) is 20.3 Å². The van der Waals surface area contributed by atoms with Crippen LogP contribution in [0.5, 0.6) is 0 Å². The number of carboxylic acid groups (broad SMARTS) is 1. The van der Waals surface area contributed by atoms with Crippen molar-refractivity contribution in [2.24, 2.45) is 51.0 Å². The van der Waals surface area contributed by atoms with Crippen LogP contribution in [0.3, 0.4) is 0 Å². The number of aromatic amines is 1. The average Bonchev–Trinajstić information content (AvgIpc) is 3.94. The molecular formula is C47H83N19O15. The number of rotatable bonds is 41. The number of carbonyl (C=O) groups excluding carboxylic acids is 11. The SMILES string of the molecule is CC(C)[C@H](NC(=O)[C@H](CO)NC(=O)[C@H](CC(N)=O)NC(=O)[C@@H](N)CCCCN)C(=O)N[C@@H](Cc1cnc[nH]1)C(=O)N[C@@H](CCC(N)=O)C(=O)N[C@@H](C)C(=O)N[C@@H](CO)C(=O)N[C@@H](CCCCN)C(=O)N[C@@H](CCCN=C(N)N)C(=O)O. The number of nitrogens with zero attached hydrogens (tertiary/aromatic N) is 2. The smallest absolute Gasteiger partial charge is 0.326 e. The molecule has 10 atom stereocenters. The summed E-state index contributed by atoms with van der Waals surface area (Å²) in [6.45, 7) is 2.76. The topological polar surface area (TPSA) is 597 Å². The van der Waals surface area contributed by atoms with Crippen LogP contribution in [0.25, 0.3) is 0 Å². The Morgan fingerprint density at radius 2 is 1.01 bits per heavy atom. The van der Waals surface area contributed by atoms with Crippen molar-refractivity contribution >= 4 is 76.9 Å². The summed E-state index contributed by atoms with van der Waals surface area (Å²) in [6.07, 6.45) is 2.61. The van der Waals surface area contributed by atoms with Gasteiger partial charge in [-0.15, -0.1) is 0 Å². The first-order valence-electron chi connectivity index (χ1n) is 26.1. The number of carbonyl (C=O) groups is 12. The molecule has 0 aliphatic rings. The number of hydrogen-bond donors (Lipinski definition) is 20. The Balaban J connectivity index is 3.31. The summed E-state index contributed by atoms with van der Waals surface area (Å²) >= 11 is 0. The van der Waals surface area contributed by atoms with E-state index in [1.165, 1.54) is 33.3 Å². The van der Waals surface area contributed by atoms with Crippen molar-refractivity contribution in [3.63, 3.8) is 0 Å². The molecule has 0 aliphatic heterocycles. The van der Waals surface area contributed by atoms with Crippen LogP contribution in [0.1, 0.15) is 97.1 Å². The van der Waals surface area contributed by atoms with Gasteiger partial charge in [0, 0.05) is 31.3 Å². The summed E-state index contributed by atoms with van der Waals surface area (Å²) in [6, 6.07) is -15.2. The van der Waals surface area contributed by atoms with Gasteiger partial charge in [-0.3, -0.25) is 57.7 Å². The quantitative estimate of drug-likeness (QED) is 0.0164. The van der Waals surface area contributed by atoms with Crippen LogP contribution < -0.4 is 88.0 Å². The van der Waals surface area contributed by atoms with Gasteiger partial charge in [0.15, 0.2) is 5.96 Å². The molecule has 1 aromatic heterocycles. The van der Waals surface area contributed by atoms with Crippen molar-refractivity contribution in [1.29, 1.82) is 0 Å². The van der Waals surface area contributed by atoms with E-state index < -0.39 is 170 Å². The van der Waals surface area contributed by atoms with Crippen LogP contribution in [-0.2, 0) is 64.0 Å². The molecule has 0 unspecified atom stereocenters. The average molecular weight is 1150 g/mol. The lowest BCUT2D eigenvalue weighted by atomic mass is 10.0. The van der Waals surface area contributed by atoms with Gasteiger partial charge in [-0.2, -0.15) is 0 Å². The molecule has 0 fully saturated rings. The molecule has 11 amide bonds. The Morgan fingerprint density at radius 1 is 0.543 bits per heavy atom. The third-order valence-electron chi connectivity index (χ3n) is 12.0. The number of aromatic nitrogens is 2. The van der Waals surface area contributed by atoms with Crippen molar-refractivity contribution < 1.29 is 72.9 Å². The predicted octanol–water partition coefficient (Wildman–Crippen LogP) is -9.16. The highest BCUT2D eigenvalue weighted by atomic mass is 16.4. The second-order valence-electron chi connectivity index (χ2n) is 19.2. The zero-order valence-electron chi connectivity index (χ0n) is 45.7. The number of nitrogens with two attached hydrogens (primary N) is 7. The number of imidazole rings is 1. The number of H-pyrrole nitrogens is 1. The van der Waals surface area contributed by atoms with Crippen LogP contribution in [-0.4, -0.2) is 195 Å². The van der Waals surface area contributed by atoms with Crippen LogP contribution in [0.2, 0.25) is 0 Å². The Bertz CT molecular complexity index is 2290. The summed E-state index contributed by atoms with van der Waals surface area (Å²) in [5.41, 5.74) is 38.6. The Morgan fingerprint density at radius 3 is 1.53 bits per heavy atom. The monoisotopic (exact) mass is 1150 g/mol. The fourth-order valence-electron chi connectivity index (χ4n) is 7.44. The minimum absolute atomic E-state index is 0.0284. The zero-order chi connectivity index (χ0) is 61.4. The molecule has 1 heterocycles. The highest BCUT2D eigenvalue weighted by Crippen LogP contribution is 2.10. The van der Waals surface area contributed by atoms with Crippen LogP contribution in [0.4, 0.5) is 0 Å². The molecule has 1 rings (SSSR count). The van der Waals surface area contributed by atoms with Crippen LogP contribution in [0, 0.1) is 5.92 Å². The normalized spacial score (nSPS) is 14.7. The molecular weight excluding hydrogens is 1070 g/mol. The van der Waals surface area contributed by atoms with E-state index in [-0.39, 0.29) is 56.8 Å². The summed E-state index contributed by atoms with van der Waals surface area (Å²) in [5.74, 6) is -13.4. The number of unbranched alkanes of at least 4 members (excludes halogenated alkanes) is 2. The van der Waals surface area contributed by atoms with Gasteiger partial charge in [-0.25, -0.2) is 9.78 Å². The van der Waals surface area contributed by atoms with E-state index in [4.69, 9.17) is 40.1 Å². The first-order chi connectivity index (χ1) is 38.2. The van der Waals surface area contributed by atoms with Gasteiger partial charge in [-0.05, 0) is 77.3 Å². The van der Waals surface area contributed by atoms with Crippen molar-refractivity contribution in [1.82, 2.24) is 57.8 Å². The van der Waals surface area contributed by atoms with E-state index in [0.29, 0.717) is 32.2 Å². The second-order valence-corrected chi connectivity index (χ2v) is 19.2. The number of aliphatic hydroxyl groups excluding tert-OH is 2. The van der Waals surface area contributed by atoms with Crippen LogP contribution in [0.15, 0.2) is 17.5 Å². The highest BCUT2D eigenvalue weighted by Gasteiger charge is 2.36. The van der Waals surface area contributed by atoms with Crippen LogP contribution >= 0.6 is 0 Å². The van der Waals surface area contributed by atoms with E-state index in [1.54, 1.807) is 0 Å². The standard InChI is InChI=1S/C47H83N19O15/c1-23(2)36(66-44(78)33(21-68)65-42(76)31(18-35(52)70)62-38(72)26(50)9-4-6-14-48)45(79)63-30(17-25-19-55-22-57-25)41(75)60-28(12-13-34(51)69)39(73)58-24(3)37(71)64-32(20-67)43(77)59-27(10-5-7-15-49)40(74)61-29(46(80)81)11-8-16-56-47(53)54/h19,22-24,26-33,36,67-68H,4-18,20-21,48-50H2,1-3H3,(H2,51,69)(H2,52,70)(H,55,57)(H,58,73)(H,59,77)(H,60,75)(H,61,74)(H,62,72)(H,63,79)(H,64,71)(H,65,76)(H,66,78)(H,80,81)(H4,53,54,56)/t24-,26-,27-,28-,29-,30-,31-,32-,33-,36-/m0/s1. The minimum atomic E-state index is -1.77. The molecule has 1 aromatic rings. The molecule has 34 nitrogen and oxygen atoms in total. The number of hydrogen-bond acceptors (Lipinski definition) is 19. The molecule has 0 aromatic carbocycles. The molecule has 0 aliphatic carbocycles. The Kier molecular flexibility index (Phi) is 33.0. The molecule has 34 heteroatoms. The van der Waals surface area contributed by atoms with E-state index in [1.807, 2.05) is 0 Å². The molecule has 0 saturated heterocycles. The fraction of sp³-hybridized carbons (Fsp3) is 0.660. The number of carboxylic acids is 1. The maximum absolute atomic E-state index is 14.1. The number of nitrogens with one attached hydrogen (secondary N) is 10. The van der Waals surface area contributed by atoms with Crippen molar-refractivity contribution in [3.05, 3.63) is 18.2 Å². The summed E-state index contributed by atoms with van der Waals surface area (Å²) < 4.78 is 0. The zero-order valence-corrected chi connectivity index (χ0v) is 45.7. The first-order valence-corrected chi connectivity index (χ1v) is 26.1. The number of aliphatic carboxylic acids is 1. The minimum Gasteiger partial charge on any atom is -0.480 e. The second kappa shape index (κ2) is 37.7. The van der Waals surface area contributed by atoms with Gasteiger partial charge < -0.3 is 108 Å². The maximum atomic E-state index is 14.1. The van der Waals surface area contributed by atoms with Gasteiger partial charge >= 0.3 is 5.97 Å². The maximum Gasteiger partial charge on any atom is 0.326 e. The highest BCUT2D eigenvalue weighted by molar-refractivity contribution is 5.99. The number of aliphatic hydroxyl groups is 2. The van der Waals surface area contributed by atoms with E-state index in [0.717, 1.165) is 0 Å². The third kappa shape index (κ3) is 27.6.